The zero-order chi connectivity index (χ0) is 10.8. The Morgan fingerprint density at radius 3 is 2.60 bits per heavy atom. The highest BCUT2D eigenvalue weighted by molar-refractivity contribution is 9.10. The van der Waals surface area contributed by atoms with Gasteiger partial charge < -0.3 is 0 Å². The highest BCUT2D eigenvalue weighted by atomic mass is 79.9. The summed E-state index contributed by atoms with van der Waals surface area (Å²) in [6.07, 6.45) is 1.56. The van der Waals surface area contributed by atoms with E-state index in [2.05, 4.69) is 20.9 Å². The molecule has 0 aliphatic carbocycles. The van der Waals surface area contributed by atoms with Crippen LogP contribution >= 0.6 is 15.9 Å². The van der Waals surface area contributed by atoms with Crippen molar-refractivity contribution in [1.29, 1.82) is 0 Å². The van der Waals surface area contributed by atoms with Crippen molar-refractivity contribution in [2.24, 2.45) is 0 Å². The molecule has 0 radical (unpaired) electrons. The van der Waals surface area contributed by atoms with E-state index >= 15 is 0 Å². The fourth-order valence-electron chi connectivity index (χ4n) is 1.27. The minimum atomic E-state index is -0.616. The molecular formula is C11H6BrF2N. The number of benzene rings is 1. The Morgan fingerprint density at radius 2 is 1.93 bits per heavy atom. The van der Waals surface area contributed by atoms with E-state index in [1.807, 2.05) is 0 Å². The average molecular weight is 270 g/mol. The van der Waals surface area contributed by atoms with Gasteiger partial charge in [-0.05, 0) is 40.2 Å². The first kappa shape index (κ1) is 10.2. The minimum absolute atomic E-state index is 0.281. The van der Waals surface area contributed by atoms with Crippen molar-refractivity contribution in [3.63, 3.8) is 0 Å². The molecule has 0 spiro atoms. The normalized spacial score (nSPS) is 10.3. The fraction of sp³-hybridized carbons (Fsp3) is 0. The van der Waals surface area contributed by atoms with Crippen LogP contribution < -0.4 is 0 Å². The van der Waals surface area contributed by atoms with Gasteiger partial charge in [0.05, 0.1) is 5.69 Å². The zero-order valence-electron chi connectivity index (χ0n) is 7.55. The third-order valence-electron chi connectivity index (χ3n) is 1.94. The van der Waals surface area contributed by atoms with E-state index in [1.54, 1.807) is 18.3 Å². The van der Waals surface area contributed by atoms with Gasteiger partial charge in [0.25, 0.3) is 0 Å². The Morgan fingerprint density at radius 1 is 1.13 bits per heavy atom. The monoisotopic (exact) mass is 269 g/mol. The third kappa shape index (κ3) is 2.04. The Hall–Kier alpha value is -1.29. The Balaban J connectivity index is 2.60. The van der Waals surface area contributed by atoms with E-state index in [0.717, 1.165) is 6.07 Å². The van der Waals surface area contributed by atoms with Gasteiger partial charge in [0.2, 0.25) is 0 Å². The van der Waals surface area contributed by atoms with Crippen molar-refractivity contribution < 1.29 is 8.78 Å². The molecule has 1 heterocycles. The molecular weight excluding hydrogens is 264 g/mol. The van der Waals surface area contributed by atoms with Crippen LogP contribution in [0.3, 0.4) is 0 Å². The van der Waals surface area contributed by atoms with Crippen molar-refractivity contribution in [2.75, 3.05) is 0 Å². The lowest BCUT2D eigenvalue weighted by Gasteiger charge is -2.04. The van der Waals surface area contributed by atoms with E-state index in [1.165, 1.54) is 12.1 Å². The largest absolute Gasteiger partial charge is 0.255 e. The first-order chi connectivity index (χ1) is 7.18. The number of hydrogen-bond donors (Lipinski definition) is 0. The maximum absolute atomic E-state index is 13.4. The SMILES string of the molecule is Fc1ccc(-c2ncccc2Br)c(F)c1. The number of nitrogens with zero attached hydrogens (tertiary/aromatic N) is 1. The van der Waals surface area contributed by atoms with Gasteiger partial charge in [-0.1, -0.05) is 0 Å². The second-order valence-electron chi connectivity index (χ2n) is 2.96. The van der Waals surface area contributed by atoms with Gasteiger partial charge in [-0.3, -0.25) is 4.98 Å². The lowest BCUT2D eigenvalue weighted by molar-refractivity contribution is 0.585. The summed E-state index contributed by atoms with van der Waals surface area (Å²) in [7, 11) is 0. The summed E-state index contributed by atoms with van der Waals surface area (Å²) >= 11 is 3.26. The van der Waals surface area contributed by atoms with Gasteiger partial charge in [-0.15, -0.1) is 0 Å². The minimum Gasteiger partial charge on any atom is -0.255 e. The number of rotatable bonds is 1. The molecule has 76 valence electrons. The highest BCUT2D eigenvalue weighted by Gasteiger charge is 2.09. The molecule has 0 aliphatic rings. The molecule has 0 unspecified atom stereocenters. The maximum Gasteiger partial charge on any atom is 0.135 e. The first-order valence-corrected chi connectivity index (χ1v) is 5.04. The van der Waals surface area contributed by atoms with Crippen LogP contribution in [0.4, 0.5) is 8.78 Å². The second-order valence-corrected chi connectivity index (χ2v) is 3.81. The summed E-state index contributed by atoms with van der Waals surface area (Å²) in [6.45, 7) is 0. The Bertz CT molecular complexity index is 500. The van der Waals surface area contributed by atoms with Crippen LogP contribution in [0.5, 0.6) is 0 Å². The van der Waals surface area contributed by atoms with Gasteiger partial charge in [0, 0.05) is 22.3 Å². The van der Waals surface area contributed by atoms with E-state index in [4.69, 9.17) is 0 Å². The van der Waals surface area contributed by atoms with Crippen molar-refractivity contribution in [3.05, 3.63) is 52.6 Å². The highest BCUT2D eigenvalue weighted by Crippen LogP contribution is 2.27. The van der Waals surface area contributed by atoms with Gasteiger partial charge >= 0.3 is 0 Å². The van der Waals surface area contributed by atoms with Crippen molar-refractivity contribution in [1.82, 2.24) is 4.98 Å². The van der Waals surface area contributed by atoms with E-state index in [9.17, 15) is 8.78 Å². The summed E-state index contributed by atoms with van der Waals surface area (Å²) in [5.74, 6) is -1.21. The lowest BCUT2D eigenvalue weighted by atomic mass is 10.1. The molecule has 1 aromatic carbocycles. The third-order valence-corrected chi connectivity index (χ3v) is 2.58. The molecule has 2 aromatic rings. The number of halogens is 3. The van der Waals surface area contributed by atoms with Crippen LogP contribution in [0.1, 0.15) is 0 Å². The first-order valence-electron chi connectivity index (χ1n) is 4.24. The average Bonchev–Trinajstić information content (AvgIpc) is 2.20. The molecule has 0 atom stereocenters. The molecule has 0 N–H and O–H groups in total. The smallest absolute Gasteiger partial charge is 0.135 e. The quantitative estimate of drug-likeness (QED) is 0.768. The van der Waals surface area contributed by atoms with Crippen molar-refractivity contribution >= 4 is 15.9 Å². The van der Waals surface area contributed by atoms with Crippen LogP contribution in [-0.2, 0) is 0 Å². The van der Waals surface area contributed by atoms with Crippen LogP contribution in [0, 0.1) is 11.6 Å². The predicted octanol–water partition coefficient (Wildman–Crippen LogP) is 3.79. The van der Waals surface area contributed by atoms with E-state index < -0.39 is 11.6 Å². The van der Waals surface area contributed by atoms with Gasteiger partial charge in [-0.25, -0.2) is 8.78 Å². The molecule has 0 bridgehead atoms. The Kier molecular flexibility index (Phi) is 2.77. The van der Waals surface area contributed by atoms with Crippen molar-refractivity contribution in [2.45, 2.75) is 0 Å². The summed E-state index contributed by atoms with van der Waals surface area (Å²) in [6, 6.07) is 6.91. The van der Waals surface area contributed by atoms with Crippen LogP contribution in [-0.4, -0.2) is 4.98 Å². The van der Waals surface area contributed by atoms with E-state index in [-0.39, 0.29) is 5.56 Å². The lowest BCUT2D eigenvalue weighted by Crippen LogP contribution is -1.89. The maximum atomic E-state index is 13.4. The van der Waals surface area contributed by atoms with Crippen LogP contribution in [0.25, 0.3) is 11.3 Å². The Labute approximate surface area is 93.9 Å². The standard InChI is InChI=1S/C11H6BrF2N/c12-9-2-1-5-15-11(9)8-4-3-7(13)6-10(8)14/h1-6H. The topological polar surface area (TPSA) is 12.9 Å². The zero-order valence-corrected chi connectivity index (χ0v) is 9.13. The summed E-state index contributed by atoms with van der Waals surface area (Å²) in [5, 5.41) is 0. The predicted molar refractivity (Wildman–Crippen MR) is 57.3 cm³/mol. The molecule has 1 aromatic heterocycles. The van der Waals surface area contributed by atoms with E-state index in [0.29, 0.717) is 10.2 Å². The van der Waals surface area contributed by atoms with Gasteiger partial charge in [0.15, 0.2) is 0 Å². The summed E-state index contributed by atoms with van der Waals surface area (Å²) in [4.78, 5) is 4.03. The van der Waals surface area contributed by atoms with Crippen LogP contribution in [0.2, 0.25) is 0 Å². The molecule has 0 aliphatic heterocycles. The summed E-state index contributed by atoms with van der Waals surface area (Å²) in [5.41, 5.74) is 0.749. The molecule has 15 heavy (non-hydrogen) atoms. The number of aromatic nitrogens is 1. The molecule has 0 amide bonds. The van der Waals surface area contributed by atoms with Gasteiger partial charge in [-0.2, -0.15) is 0 Å². The molecule has 2 rings (SSSR count). The second kappa shape index (κ2) is 4.06. The number of pyridine rings is 1. The molecule has 1 nitrogen and oxygen atoms in total. The molecule has 0 saturated carbocycles. The number of hydrogen-bond acceptors (Lipinski definition) is 1. The molecule has 0 saturated heterocycles. The molecule has 0 fully saturated rings. The van der Waals surface area contributed by atoms with Gasteiger partial charge in [0.1, 0.15) is 11.6 Å². The fourth-order valence-corrected chi connectivity index (χ4v) is 1.73. The van der Waals surface area contributed by atoms with Crippen molar-refractivity contribution in [3.8, 4) is 11.3 Å². The molecule has 4 heteroatoms. The van der Waals surface area contributed by atoms with Crippen LogP contribution in [0.15, 0.2) is 41.0 Å². The summed E-state index contributed by atoms with van der Waals surface area (Å²) < 4.78 is 26.8.